The lowest BCUT2D eigenvalue weighted by Gasteiger charge is -2.20. The van der Waals surface area contributed by atoms with Gasteiger partial charge in [-0.05, 0) is 56.0 Å². The van der Waals surface area contributed by atoms with Crippen LogP contribution in [-0.4, -0.2) is 43.7 Å². The van der Waals surface area contributed by atoms with Gasteiger partial charge in [-0.2, -0.15) is 0 Å². The van der Waals surface area contributed by atoms with Crippen LogP contribution in [0.1, 0.15) is 25.3 Å². The molecule has 0 N–H and O–H groups in total. The predicted molar refractivity (Wildman–Crippen MR) is 96.8 cm³/mol. The molecule has 0 radical (unpaired) electrons. The number of likely N-dealkylation sites (tertiary alicyclic amines) is 1. The van der Waals surface area contributed by atoms with Crippen LogP contribution in [0.2, 0.25) is 0 Å². The quantitative estimate of drug-likeness (QED) is 0.836. The molecular weight excluding hydrogens is 320 g/mol. The van der Waals surface area contributed by atoms with Gasteiger partial charge in [0, 0.05) is 30.6 Å². The Bertz CT molecular complexity index is 783. The van der Waals surface area contributed by atoms with Crippen LogP contribution >= 0.6 is 0 Å². The molecule has 2 heterocycles. The summed E-state index contributed by atoms with van der Waals surface area (Å²) in [5, 5.41) is 0.114. The van der Waals surface area contributed by atoms with E-state index in [1.165, 1.54) is 31.2 Å². The van der Waals surface area contributed by atoms with Gasteiger partial charge in [-0.15, -0.1) is 0 Å². The molecule has 1 aromatic heterocycles. The number of rotatable bonds is 5. The lowest BCUT2D eigenvalue weighted by atomic mass is 10.0. The van der Waals surface area contributed by atoms with Gasteiger partial charge in [0.15, 0.2) is 14.9 Å². The maximum Gasteiger partial charge on any atom is 0.192 e. The highest BCUT2D eigenvalue weighted by Gasteiger charge is 2.19. The third-order valence-corrected chi connectivity index (χ3v) is 5.78. The molecule has 1 aliphatic rings. The van der Waals surface area contributed by atoms with E-state index < -0.39 is 9.84 Å². The van der Waals surface area contributed by atoms with Crippen molar-refractivity contribution < 1.29 is 8.42 Å². The summed E-state index contributed by atoms with van der Waals surface area (Å²) in [6.07, 6.45) is 6.49. The Morgan fingerprint density at radius 1 is 1.12 bits per heavy atom. The zero-order valence-electron chi connectivity index (χ0n) is 14.3. The Kier molecular flexibility index (Phi) is 5.01. The van der Waals surface area contributed by atoms with E-state index in [0.717, 1.165) is 24.1 Å². The summed E-state index contributed by atoms with van der Waals surface area (Å²) in [6.45, 7) is 4.64. The largest absolute Gasteiger partial charge is 0.300 e. The number of sulfone groups is 1. The third-order valence-electron chi connectivity index (χ3n) is 4.78. The molecule has 0 aliphatic carbocycles. The van der Waals surface area contributed by atoms with E-state index in [2.05, 4.69) is 41.1 Å². The first-order chi connectivity index (χ1) is 11.4. The van der Waals surface area contributed by atoms with Crippen molar-refractivity contribution in [2.75, 3.05) is 19.3 Å². The second-order valence-corrected chi connectivity index (χ2v) is 8.59. The van der Waals surface area contributed by atoms with Gasteiger partial charge >= 0.3 is 0 Å². The van der Waals surface area contributed by atoms with Crippen LogP contribution in [0, 0.1) is 0 Å². The van der Waals surface area contributed by atoms with Crippen LogP contribution in [0.15, 0.2) is 47.6 Å². The van der Waals surface area contributed by atoms with Gasteiger partial charge < -0.3 is 4.90 Å². The van der Waals surface area contributed by atoms with Crippen molar-refractivity contribution in [2.24, 2.45) is 0 Å². The smallest absolute Gasteiger partial charge is 0.192 e. The van der Waals surface area contributed by atoms with Gasteiger partial charge in [-0.1, -0.05) is 24.3 Å². The van der Waals surface area contributed by atoms with Crippen molar-refractivity contribution in [2.45, 2.75) is 37.3 Å². The fraction of sp³-hybridized carbons (Fsp3) is 0.421. The van der Waals surface area contributed by atoms with Gasteiger partial charge in [0.05, 0.1) is 0 Å². The Labute approximate surface area is 144 Å². The van der Waals surface area contributed by atoms with E-state index in [1.54, 1.807) is 12.3 Å². The molecular formula is C19H24N2O2S. The number of nitrogens with zero attached hydrogens (tertiary/aromatic N) is 2. The van der Waals surface area contributed by atoms with Crippen molar-refractivity contribution in [3.8, 4) is 11.1 Å². The first-order valence-corrected chi connectivity index (χ1v) is 10.3. The van der Waals surface area contributed by atoms with Crippen LogP contribution in [0.5, 0.6) is 0 Å². The van der Waals surface area contributed by atoms with Crippen molar-refractivity contribution in [1.82, 2.24) is 9.88 Å². The molecule has 24 heavy (non-hydrogen) atoms. The van der Waals surface area contributed by atoms with Crippen molar-refractivity contribution in [3.63, 3.8) is 0 Å². The number of benzene rings is 1. The van der Waals surface area contributed by atoms with Crippen LogP contribution < -0.4 is 0 Å². The maximum atomic E-state index is 11.5. The SMILES string of the molecule is C[C@@H]1CCCN1CCc1ccc(-c2ccc(S(C)(=O)=O)nc2)cc1. The van der Waals surface area contributed by atoms with Gasteiger partial charge in [0.25, 0.3) is 0 Å². The van der Waals surface area contributed by atoms with Gasteiger partial charge in [-0.3, -0.25) is 0 Å². The van der Waals surface area contributed by atoms with Gasteiger partial charge in [0.1, 0.15) is 0 Å². The summed E-state index contributed by atoms with van der Waals surface area (Å²) in [7, 11) is -3.24. The predicted octanol–water partition coefficient (Wildman–Crippen LogP) is 3.18. The molecule has 5 heteroatoms. The summed E-state index contributed by atoms with van der Waals surface area (Å²) >= 11 is 0. The zero-order valence-corrected chi connectivity index (χ0v) is 15.1. The average molecular weight is 344 g/mol. The molecule has 1 aliphatic heterocycles. The number of hydrogen-bond donors (Lipinski definition) is 0. The Balaban J connectivity index is 1.65. The number of pyridine rings is 1. The van der Waals surface area contributed by atoms with Crippen molar-refractivity contribution in [3.05, 3.63) is 48.2 Å². The average Bonchev–Trinajstić information content (AvgIpc) is 2.98. The van der Waals surface area contributed by atoms with E-state index >= 15 is 0 Å². The van der Waals surface area contributed by atoms with Crippen LogP contribution in [0.4, 0.5) is 0 Å². The van der Waals surface area contributed by atoms with E-state index in [0.29, 0.717) is 6.04 Å². The van der Waals surface area contributed by atoms with E-state index in [4.69, 9.17) is 0 Å². The zero-order chi connectivity index (χ0) is 17.2. The topological polar surface area (TPSA) is 50.3 Å². The van der Waals surface area contributed by atoms with E-state index in [1.807, 2.05) is 6.07 Å². The first-order valence-electron chi connectivity index (χ1n) is 8.43. The fourth-order valence-corrected chi connectivity index (χ4v) is 3.79. The highest BCUT2D eigenvalue weighted by Crippen LogP contribution is 2.21. The minimum absolute atomic E-state index is 0.114. The summed E-state index contributed by atoms with van der Waals surface area (Å²) in [5.41, 5.74) is 3.32. The van der Waals surface area contributed by atoms with Crippen LogP contribution in [0.25, 0.3) is 11.1 Å². The van der Waals surface area contributed by atoms with E-state index in [9.17, 15) is 8.42 Å². The lowest BCUT2D eigenvalue weighted by molar-refractivity contribution is 0.272. The first kappa shape index (κ1) is 17.1. The molecule has 0 unspecified atom stereocenters. The molecule has 1 saturated heterocycles. The molecule has 1 aromatic carbocycles. The summed E-state index contributed by atoms with van der Waals surface area (Å²) < 4.78 is 22.9. The number of hydrogen-bond acceptors (Lipinski definition) is 4. The highest BCUT2D eigenvalue weighted by molar-refractivity contribution is 7.90. The lowest BCUT2D eigenvalue weighted by Crippen LogP contribution is -2.28. The highest BCUT2D eigenvalue weighted by atomic mass is 32.2. The molecule has 4 nitrogen and oxygen atoms in total. The Morgan fingerprint density at radius 2 is 1.83 bits per heavy atom. The minimum Gasteiger partial charge on any atom is -0.300 e. The van der Waals surface area contributed by atoms with Crippen LogP contribution in [-0.2, 0) is 16.3 Å². The molecule has 1 atom stereocenters. The fourth-order valence-electron chi connectivity index (χ4n) is 3.23. The Morgan fingerprint density at radius 3 is 2.38 bits per heavy atom. The molecule has 3 rings (SSSR count). The Hall–Kier alpha value is -1.72. The molecule has 2 aromatic rings. The second kappa shape index (κ2) is 7.03. The second-order valence-electron chi connectivity index (χ2n) is 6.63. The standard InChI is InChI=1S/C19H24N2O2S/c1-15-4-3-12-21(15)13-11-16-5-7-17(8-6-16)18-9-10-19(20-14-18)24(2,22)23/h5-10,14-15H,3-4,11-13H2,1-2H3/t15-/m1/s1. The molecule has 0 amide bonds. The molecule has 1 fully saturated rings. The normalized spacial score (nSPS) is 18.8. The van der Waals surface area contributed by atoms with Crippen molar-refractivity contribution >= 4 is 9.84 Å². The van der Waals surface area contributed by atoms with Gasteiger partial charge in [-0.25, -0.2) is 13.4 Å². The maximum absolute atomic E-state index is 11.5. The molecule has 0 saturated carbocycles. The minimum atomic E-state index is -3.24. The third kappa shape index (κ3) is 4.02. The molecule has 0 spiro atoms. The van der Waals surface area contributed by atoms with Gasteiger partial charge in [0.2, 0.25) is 0 Å². The van der Waals surface area contributed by atoms with E-state index in [-0.39, 0.29) is 5.03 Å². The molecule has 128 valence electrons. The van der Waals surface area contributed by atoms with Crippen LogP contribution in [0.3, 0.4) is 0 Å². The summed E-state index contributed by atoms with van der Waals surface area (Å²) in [6, 6.07) is 12.6. The number of aromatic nitrogens is 1. The monoisotopic (exact) mass is 344 g/mol. The summed E-state index contributed by atoms with van der Waals surface area (Å²) in [5.74, 6) is 0. The van der Waals surface area contributed by atoms with Crippen molar-refractivity contribution in [1.29, 1.82) is 0 Å². The molecule has 0 bridgehead atoms. The summed E-state index contributed by atoms with van der Waals surface area (Å²) in [4.78, 5) is 6.61.